The fraction of sp³-hybridized carbons (Fsp3) is 0.286. The summed E-state index contributed by atoms with van der Waals surface area (Å²) in [5, 5.41) is 4.19. The Labute approximate surface area is 112 Å². The molecule has 0 fully saturated rings. The van der Waals surface area contributed by atoms with Crippen molar-refractivity contribution in [3.8, 4) is 0 Å². The number of nitrogens with two attached hydrogens (primary N) is 1. The highest BCUT2D eigenvalue weighted by atomic mass is 16.5. The number of nitrogens with zero attached hydrogens (tertiary/aromatic N) is 2. The van der Waals surface area contributed by atoms with Crippen LogP contribution in [0.3, 0.4) is 0 Å². The first-order valence-electron chi connectivity index (χ1n) is 6.05. The summed E-state index contributed by atoms with van der Waals surface area (Å²) in [4.78, 5) is 11.7. The molecule has 0 aliphatic rings. The average Bonchev–Trinajstić information content (AvgIpc) is 2.68. The van der Waals surface area contributed by atoms with E-state index in [1.165, 1.54) is 0 Å². The molecule has 0 saturated heterocycles. The molecular formula is C14H17N3O2. The van der Waals surface area contributed by atoms with Crippen molar-refractivity contribution < 1.29 is 9.53 Å². The van der Waals surface area contributed by atoms with E-state index in [0.717, 1.165) is 17.0 Å². The Morgan fingerprint density at radius 3 is 2.79 bits per heavy atom. The van der Waals surface area contributed by atoms with Gasteiger partial charge < -0.3 is 10.5 Å². The van der Waals surface area contributed by atoms with Crippen molar-refractivity contribution in [2.45, 2.75) is 20.0 Å². The van der Waals surface area contributed by atoms with Gasteiger partial charge in [0.15, 0.2) is 0 Å². The van der Waals surface area contributed by atoms with Crippen LogP contribution in [0, 0.1) is 6.92 Å². The first-order chi connectivity index (χ1) is 9.06. The van der Waals surface area contributed by atoms with Gasteiger partial charge in [-0.2, -0.15) is 5.10 Å². The van der Waals surface area contributed by atoms with Crippen molar-refractivity contribution in [1.82, 2.24) is 9.78 Å². The number of carbonyl (C=O) groups excluding carboxylic acids is 1. The van der Waals surface area contributed by atoms with E-state index < -0.39 is 0 Å². The Hall–Kier alpha value is -2.30. The molecule has 0 saturated carbocycles. The highest BCUT2D eigenvalue weighted by Gasteiger charge is 2.09. The number of ether oxygens (including phenoxy) is 1. The lowest BCUT2D eigenvalue weighted by molar-refractivity contribution is -0.144. The summed E-state index contributed by atoms with van der Waals surface area (Å²) in [5.41, 5.74) is 8.95. The summed E-state index contributed by atoms with van der Waals surface area (Å²) >= 11 is 0. The van der Waals surface area contributed by atoms with E-state index in [-0.39, 0.29) is 19.0 Å². The molecule has 1 heterocycles. The second-order valence-corrected chi connectivity index (χ2v) is 4.44. The zero-order valence-electron chi connectivity index (χ0n) is 11.1. The Balaban J connectivity index is 1.92. The van der Waals surface area contributed by atoms with Crippen LogP contribution in [0.1, 0.15) is 17.0 Å². The number of benzene rings is 1. The fourth-order valence-electron chi connectivity index (χ4n) is 1.86. The van der Waals surface area contributed by atoms with Gasteiger partial charge in [-0.05, 0) is 24.6 Å². The predicted molar refractivity (Wildman–Crippen MR) is 72.3 cm³/mol. The van der Waals surface area contributed by atoms with E-state index in [4.69, 9.17) is 10.5 Å². The Morgan fingerprint density at radius 1 is 1.42 bits per heavy atom. The maximum Gasteiger partial charge on any atom is 0.310 e. The normalized spacial score (nSPS) is 10.4. The van der Waals surface area contributed by atoms with E-state index in [2.05, 4.69) is 5.10 Å². The fourth-order valence-corrected chi connectivity index (χ4v) is 1.86. The second kappa shape index (κ2) is 5.56. The van der Waals surface area contributed by atoms with Crippen LogP contribution in [0.2, 0.25) is 0 Å². The molecule has 2 aromatic rings. The summed E-state index contributed by atoms with van der Waals surface area (Å²) in [6, 6.07) is 9.17. The van der Waals surface area contributed by atoms with Gasteiger partial charge in [0.1, 0.15) is 6.61 Å². The third-order valence-corrected chi connectivity index (χ3v) is 2.87. The minimum absolute atomic E-state index is 0.184. The number of esters is 1. The number of hydrogen-bond donors (Lipinski definition) is 1. The third-order valence-electron chi connectivity index (χ3n) is 2.87. The van der Waals surface area contributed by atoms with Crippen LogP contribution in [0.5, 0.6) is 0 Å². The number of aryl methyl sites for hydroxylation is 2. The third kappa shape index (κ3) is 3.34. The average molecular weight is 259 g/mol. The Kier molecular flexibility index (Phi) is 3.85. The number of carbonyl (C=O) groups is 1. The molecule has 0 amide bonds. The minimum atomic E-state index is -0.295. The van der Waals surface area contributed by atoms with Crippen LogP contribution in [0.4, 0.5) is 5.69 Å². The first kappa shape index (κ1) is 13.1. The molecule has 0 aliphatic carbocycles. The van der Waals surface area contributed by atoms with Gasteiger partial charge in [0.2, 0.25) is 0 Å². The van der Waals surface area contributed by atoms with Crippen molar-refractivity contribution in [2.24, 2.45) is 7.05 Å². The maximum absolute atomic E-state index is 11.7. The topological polar surface area (TPSA) is 70.1 Å². The van der Waals surface area contributed by atoms with Crippen molar-refractivity contribution >= 4 is 11.7 Å². The standard InChI is InChI=1S/C14H17N3O2/c1-10-7-12(17(2)16-10)9-19-14(18)8-11-5-3-4-6-13(11)15/h3-7H,8-9,15H2,1-2H3. The van der Waals surface area contributed by atoms with Crippen LogP contribution in [-0.4, -0.2) is 15.7 Å². The number of para-hydroxylation sites is 1. The lowest BCUT2D eigenvalue weighted by Crippen LogP contribution is -2.11. The number of nitrogen functional groups attached to an aromatic ring is 1. The van der Waals surface area contributed by atoms with Gasteiger partial charge in [-0.3, -0.25) is 9.48 Å². The molecule has 0 unspecified atom stereocenters. The molecule has 5 heteroatoms. The first-order valence-corrected chi connectivity index (χ1v) is 6.05. The zero-order valence-corrected chi connectivity index (χ0v) is 11.1. The monoisotopic (exact) mass is 259 g/mol. The molecule has 0 atom stereocenters. The molecule has 2 rings (SSSR count). The van der Waals surface area contributed by atoms with Crippen LogP contribution >= 0.6 is 0 Å². The second-order valence-electron chi connectivity index (χ2n) is 4.44. The van der Waals surface area contributed by atoms with E-state index in [9.17, 15) is 4.79 Å². The number of hydrogen-bond acceptors (Lipinski definition) is 4. The molecule has 5 nitrogen and oxygen atoms in total. The van der Waals surface area contributed by atoms with Crippen LogP contribution in [-0.2, 0) is 29.6 Å². The van der Waals surface area contributed by atoms with Crippen LogP contribution < -0.4 is 5.73 Å². The lowest BCUT2D eigenvalue weighted by atomic mass is 10.1. The Morgan fingerprint density at radius 2 is 2.16 bits per heavy atom. The molecule has 19 heavy (non-hydrogen) atoms. The van der Waals surface area contributed by atoms with Crippen molar-refractivity contribution in [3.05, 3.63) is 47.3 Å². The zero-order chi connectivity index (χ0) is 13.8. The summed E-state index contributed by atoms with van der Waals surface area (Å²) < 4.78 is 6.93. The summed E-state index contributed by atoms with van der Waals surface area (Å²) in [7, 11) is 1.82. The number of anilines is 1. The summed E-state index contributed by atoms with van der Waals surface area (Å²) in [6.45, 7) is 2.12. The van der Waals surface area contributed by atoms with Gasteiger partial charge in [-0.1, -0.05) is 18.2 Å². The number of aromatic nitrogens is 2. The Bertz CT molecular complexity index is 590. The maximum atomic E-state index is 11.7. The van der Waals surface area contributed by atoms with Gasteiger partial charge in [-0.25, -0.2) is 0 Å². The highest BCUT2D eigenvalue weighted by Crippen LogP contribution is 2.12. The van der Waals surface area contributed by atoms with E-state index in [0.29, 0.717) is 5.69 Å². The lowest BCUT2D eigenvalue weighted by Gasteiger charge is -2.06. The van der Waals surface area contributed by atoms with Gasteiger partial charge in [0.05, 0.1) is 17.8 Å². The SMILES string of the molecule is Cc1cc(COC(=O)Cc2ccccc2N)n(C)n1. The van der Waals surface area contributed by atoms with Crippen molar-refractivity contribution in [1.29, 1.82) is 0 Å². The minimum Gasteiger partial charge on any atom is -0.459 e. The molecular weight excluding hydrogens is 242 g/mol. The molecule has 1 aromatic carbocycles. The van der Waals surface area contributed by atoms with Gasteiger partial charge in [0, 0.05) is 12.7 Å². The van der Waals surface area contributed by atoms with Crippen LogP contribution in [0.15, 0.2) is 30.3 Å². The van der Waals surface area contributed by atoms with Crippen LogP contribution in [0.25, 0.3) is 0 Å². The van der Waals surface area contributed by atoms with Crippen molar-refractivity contribution in [2.75, 3.05) is 5.73 Å². The van der Waals surface area contributed by atoms with Crippen molar-refractivity contribution in [3.63, 3.8) is 0 Å². The quantitative estimate of drug-likeness (QED) is 0.668. The number of rotatable bonds is 4. The molecule has 100 valence electrons. The van der Waals surface area contributed by atoms with Gasteiger partial charge in [0.25, 0.3) is 0 Å². The largest absolute Gasteiger partial charge is 0.459 e. The molecule has 2 N–H and O–H groups in total. The summed E-state index contributed by atoms with van der Waals surface area (Å²) in [6.07, 6.45) is 0.184. The molecule has 0 spiro atoms. The molecule has 0 aliphatic heterocycles. The summed E-state index contributed by atoms with van der Waals surface area (Å²) in [5.74, 6) is -0.295. The molecule has 0 bridgehead atoms. The predicted octanol–water partition coefficient (Wildman–Crippen LogP) is 1.60. The van der Waals surface area contributed by atoms with Gasteiger partial charge >= 0.3 is 5.97 Å². The molecule has 1 aromatic heterocycles. The van der Waals surface area contributed by atoms with E-state index in [1.807, 2.05) is 38.2 Å². The van der Waals surface area contributed by atoms with E-state index in [1.54, 1.807) is 10.7 Å². The van der Waals surface area contributed by atoms with E-state index >= 15 is 0 Å². The van der Waals surface area contributed by atoms with Gasteiger partial charge in [-0.15, -0.1) is 0 Å². The molecule has 0 radical (unpaired) electrons. The smallest absolute Gasteiger partial charge is 0.310 e. The highest BCUT2D eigenvalue weighted by molar-refractivity contribution is 5.74.